The molecule has 114 valence electrons. The lowest BCUT2D eigenvalue weighted by Crippen LogP contribution is -2.38. The Morgan fingerprint density at radius 3 is 2.41 bits per heavy atom. The van der Waals surface area contributed by atoms with E-state index in [1.54, 1.807) is 0 Å². The van der Waals surface area contributed by atoms with Crippen molar-refractivity contribution in [2.45, 2.75) is 6.10 Å². The molecule has 1 aromatic rings. The molecule has 0 saturated heterocycles. The van der Waals surface area contributed by atoms with E-state index in [9.17, 15) is 30.3 Å². The van der Waals surface area contributed by atoms with Gasteiger partial charge in [0, 0.05) is 11.6 Å². The van der Waals surface area contributed by atoms with Crippen LogP contribution in [0.2, 0.25) is 0 Å². The number of ketones is 1. The van der Waals surface area contributed by atoms with Crippen LogP contribution < -0.4 is 0 Å². The van der Waals surface area contributed by atoms with Crippen molar-refractivity contribution in [2.24, 2.45) is 5.92 Å². The van der Waals surface area contributed by atoms with E-state index in [2.05, 4.69) is 0 Å². The molecule has 0 unspecified atom stereocenters. The molecule has 5 N–H and O–H groups in total. The van der Waals surface area contributed by atoms with Crippen LogP contribution in [0, 0.1) is 5.92 Å². The molecule has 3 rings (SSSR count). The van der Waals surface area contributed by atoms with Gasteiger partial charge in [0.05, 0.1) is 0 Å². The summed E-state index contributed by atoms with van der Waals surface area (Å²) in [5.74, 6) is -4.29. The van der Waals surface area contributed by atoms with Gasteiger partial charge in [-0.1, -0.05) is 0 Å². The molecule has 7 nitrogen and oxygen atoms in total. The number of Topliss-reactive ketones (excluding diaryl/α,β-unsaturated/α-hetero) is 1. The Balaban J connectivity index is 2.08. The monoisotopic (exact) mass is 304 g/mol. The highest BCUT2D eigenvalue weighted by Crippen LogP contribution is 2.38. The Morgan fingerprint density at radius 1 is 1.00 bits per heavy atom. The van der Waals surface area contributed by atoms with E-state index in [-0.39, 0.29) is 22.8 Å². The molecule has 7 heteroatoms. The van der Waals surface area contributed by atoms with Crippen molar-refractivity contribution in [3.63, 3.8) is 0 Å². The van der Waals surface area contributed by atoms with E-state index in [0.717, 1.165) is 12.1 Å². The van der Waals surface area contributed by atoms with Gasteiger partial charge in [0.2, 0.25) is 11.5 Å². The van der Waals surface area contributed by atoms with Crippen molar-refractivity contribution in [1.29, 1.82) is 0 Å². The Labute approximate surface area is 124 Å². The van der Waals surface area contributed by atoms with Gasteiger partial charge in [-0.3, -0.25) is 4.79 Å². The number of rotatable bonds is 1. The number of fused-ring (bicyclic) bond motifs is 1. The first-order chi connectivity index (χ1) is 10.4. The van der Waals surface area contributed by atoms with Crippen LogP contribution in [0.4, 0.5) is 0 Å². The summed E-state index contributed by atoms with van der Waals surface area (Å²) >= 11 is 0. The molecular weight excluding hydrogens is 292 g/mol. The number of phenols is 2. The number of hydrogen-bond donors (Lipinski definition) is 5. The number of carbonyl (C=O) groups is 1. The summed E-state index contributed by atoms with van der Waals surface area (Å²) in [6.07, 6.45) is 1.25. The van der Waals surface area contributed by atoms with Gasteiger partial charge in [0.15, 0.2) is 17.3 Å². The standard InChI is InChI=1S/C15H12O7/c16-7-4-10(19)12-11(5-7)22-15(14(21)13(12)20)6-1-2-8(17)9(18)3-6/h1-5,11-12,16-19,21H/t11-,12+/m0/s1. The summed E-state index contributed by atoms with van der Waals surface area (Å²) in [7, 11) is 0. The van der Waals surface area contributed by atoms with Crippen LogP contribution >= 0.6 is 0 Å². The van der Waals surface area contributed by atoms with Crippen LogP contribution in [-0.2, 0) is 9.53 Å². The fourth-order valence-electron chi connectivity index (χ4n) is 2.43. The molecule has 0 fully saturated rings. The average molecular weight is 304 g/mol. The van der Waals surface area contributed by atoms with E-state index < -0.39 is 35.1 Å². The second-order valence-corrected chi connectivity index (χ2v) is 4.97. The number of hydrogen-bond acceptors (Lipinski definition) is 7. The van der Waals surface area contributed by atoms with Crippen molar-refractivity contribution in [2.75, 3.05) is 0 Å². The Hall–Kier alpha value is -3.09. The van der Waals surface area contributed by atoms with Gasteiger partial charge in [-0.2, -0.15) is 0 Å². The van der Waals surface area contributed by atoms with Gasteiger partial charge >= 0.3 is 0 Å². The summed E-state index contributed by atoms with van der Waals surface area (Å²) in [6.45, 7) is 0. The molecule has 0 amide bonds. The van der Waals surface area contributed by atoms with Gasteiger partial charge in [-0.25, -0.2) is 0 Å². The number of aromatic hydroxyl groups is 2. The normalized spacial score (nSPS) is 24.3. The fourth-order valence-corrected chi connectivity index (χ4v) is 2.43. The molecule has 22 heavy (non-hydrogen) atoms. The van der Waals surface area contributed by atoms with Gasteiger partial charge in [-0.05, 0) is 24.3 Å². The second kappa shape index (κ2) is 4.73. The molecule has 0 bridgehead atoms. The highest BCUT2D eigenvalue weighted by Gasteiger charge is 2.43. The van der Waals surface area contributed by atoms with Crippen LogP contribution in [-0.4, -0.2) is 37.4 Å². The van der Waals surface area contributed by atoms with E-state index in [0.29, 0.717) is 0 Å². The predicted molar refractivity (Wildman–Crippen MR) is 74.1 cm³/mol. The van der Waals surface area contributed by atoms with Crippen LogP contribution in [0.5, 0.6) is 11.5 Å². The molecule has 0 spiro atoms. The molecular formula is C15H12O7. The van der Waals surface area contributed by atoms with Crippen molar-refractivity contribution in [1.82, 2.24) is 0 Å². The Bertz CT molecular complexity index is 757. The maximum absolute atomic E-state index is 12.2. The molecule has 0 radical (unpaired) electrons. The number of carbonyl (C=O) groups excluding carboxylic acids is 1. The lowest BCUT2D eigenvalue weighted by molar-refractivity contribution is -0.125. The van der Waals surface area contributed by atoms with Gasteiger partial charge < -0.3 is 30.3 Å². The summed E-state index contributed by atoms with van der Waals surface area (Å²) in [5.41, 5.74) is 0.168. The maximum Gasteiger partial charge on any atom is 0.215 e. The van der Waals surface area contributed by atoms with E-state index in [1.807, 2.05) is 0 Å². The van der Waals surface area contributed by atoms with E-state index in [4.69, 9.17) is 4.74 Å². The molecule has 1 aromatic carbocycles. The molecule has 0 saturated carbocycles. The van der Waals surface area contributed by atoms with Gasteiger partial charge in [-0.15, -0.1) is 0 Å². The van der Waals surface area contributed by atoms with Gasteiger partial charge in [0.25, 0.3) is 0 Å². The van der Waals surface area contributed by atoms with E-state index in [1.165, 1.54) is 18.2 Å². The summed E-state index contributed by atoms with van der Waals surface area (Å²) in [4.78, 5) is 12.2. The summed E-state index contributed by atoms with van der Waals surface area (Å²) in [6, 6.07) is 3.64. The third-order valence-corrected chi connectivity index (χ3v) is 3.50. The van der Waals surface area contributed by atoms with Crippen LogP contribution in [0.1, 0.15) is 5.56 Å². The Morgan fingerprint density at radius 2 is 1.73 bits per heavy atom. The minimum absolute atomic E-state index is 0.168. The zero-order chi connectivity index (χ0) is 16.0. The number of allylic oxidation sites excluding steroid dienone is 2. The number of benzene rings is 1. The predicted octanol–water partition coefficient (Wildman–Crippen LogP) is 1.81. The van der Waals surface area contributed by atoms with Crippen molar-refractivity contribution in [3.8, 4) is 11.5 Å². The smallest absolute Gasteiger partial charge is 0.215 e. The van der Waals surface area contributed by atoms with Crippen LogP contribution in [0.25, 0.3) is 5.76 Å². The molecule has 1 aliphatic carbocycles. The zero-order valence-electron chi connectivity index (χ0n) is 11.1. The minimum Gasteiger partial charge on any atom is -0.511 e. The average Bonchev–Trinajstić information content (AvgIpc) is 2.45. The maximum atomic E-state index is 12.2. The zero-order valence-corrected chi connectivity index (χ0v) is 11.1. The molecule has 1 aliphatic heterocycles. The van der Waals surface area contributed by atoms with Crippen molar-refractivity contribution >= 4 is 11.5 Å². The van der Waals surface area contributed by atoms with Crippen LogP contribution in [0.15, 0.2) is 47.6 Å². The highest BCUT2D eigenvalue weighted by molar-refractivity contribution is 6.04. The molecule has 2 aliphatic rings. The molecule has 0 aromatic heterocycles. The first-order valence-corrected chi connectivity index (χ1v) is 6.36. The third-order valence-electron chi connectivity index (χ3n) is 3.50. The lowest BCUT2D eigenvalue weighted by Gasteiger charge is -2.32. The minimum atomic E-state index is -1.13. The second-order valence-electron chi connectivity index (χ2n) is 4.97. The number of aliphatic hydroxyl groups is 3. The third kappa shape index (κ3) is 2.03. The van der Waals surface area contributed by atoms with Crippen molar-refractivity contribution in [3.05, 3.63) is 53.2 Å². The highest BCUT2D eigenvalue weighted by atomic mass is 16.5. The quantitative estimate of drug-likeness (QED) is 0.500. The van der Waals surface area contributed by atoms with Crippen LogP contribution in [0.3, 0.4) is 0 Å². The van der Waals surface area contributed by atoms with Gasteiger partial charge in [0.1, 0.15) is 23.5 Å². The molecule has 1 heterocycles. The topological polar surface area (TPSA) is 127 Å². The lowest BCUT2D eigenvalue weighted by atomic mass is 9.86. The first-order valence-electron chi connectivity index (χ1n) is 6.36. The largest absolute Gasteiger partial charge is 0.511 e. The number of aliphatic hydroxyl groups excluding tert-OH is 3. The molecule has 2 atom stereocenters. The van der Waals surface area contributed by atoms with Crippen molar-refractivity contribution < 1.29 is 35.1 Å². The van der Waals surface area contributed by atoms with E-state index >= 15 is 0 Å². The SMILES string of the molecule is O=C1C(O)=C(c2ccc(O)c(O)c2)O[C@H]2C=C(O)C=C(O)[C@@H]12. The Kier molecular flexibility index (Phi) is 2.98. The summed E-state index contributed by atoms with van der Waals surface area (Å²) in [5, 5.41) is 48.1. The summed E-state index contributed by atoms with van der Waals surface area (Å²) < 4.78 is 5.47. The fraction of sp³-hybridized carbons (Fsp3) is 0.133. The first kappa shape index (κ1) is 13.9. The number of ether oxygens (including phenoxy) is 1. The number of phenolic OH excluding ortho intramolecular Hbond substituents is 2.